The van der Waals surface area contributed by atoms with Crippen LogP contribution in [0.5, 0.6) is 5.75 Å². The van der Waals surface area contributed by atoms with Gasteiger partial charge in [-0.15, -0.1) is 0 Å². The van der Waals surface area contributed by atoms with Crippen LogP contribution in [0.4, 0.5) is 0 Å². The van der Waals surface area contributed by atoms with Gasteiger partial charge in [-0.05, 0) is 49.6 Å². The second-order valence-corrected chi connectivity index (χ2v) is 6.95. The summed E-state index contributed by atoms with van der Waals surface area (Å²) in [4.78, 5) is 26.6. The summed E-state index contributed by atoms with van der Waals surface area (Å²) < 4.78 is 0. The van der Waals surface area contributed by atoms with Crippen LogP contribution >= 0.6 is 0 Å². The van der Waals surface area contributed by atoms with Crippen molar-refractivity contribution in [3.63, 3.8) is 0 Å². The van der Waals surface area contributed by atoms with E-state index in [9.17, 15) is 14.7 Å². The summed E-state index contributed by atoms with van der Waals surface area (Å²) in [5.74, 6) is -0.151. The number of amides is 2. The van der Waals surface area contributed by atoms with Crippen molar-refractivity contribution >= 4 is 22.6 Å². The van der Waals surface area contributed by atoms with Crippen molar-refractivity contribution in [3.8, 4) is 5.75 Å². The first-order valence-electron chi connectivity index (χ1n) is 8.77. The van der Waals surface area contributed by atoms with Crippen LogP contribution in [0.3, 0.4) is 0 Å². The lowest BCUT2D eigenvalue weighted by Crippen LogP contribution is -2.44. The Bertz CT molecular complexity index is 793. The fraction of sp³-hybridized carbons (Fsp3) is 0.400. The number of nitrogens with one attached hydrogen (secondary N) is 1. The Morgan fingerprint density at radius 3 is 2.32 bits per heavy atom. The molecule has 2 N–H and O–H groups in total. The Balaban J connectivity index is 1.71. The third-order valence-electron chi connectivity index (χ3n) is 4.68. The lowest BCUT2D eigenvalue weighted by Gasteiger charge is -2.32. The zero-order valence-electron chi connectivity index (χ0n) is 14.7. The smallest absolute Gasteiger partial charge is 0.257 e. The first-order chi connectivity index (χ1) is 12.0. The Kier molecular flexibility index (Phi) is 4.93. The number of carbonyl (C=O) groups is 2. The van der Waals surface area contributed by atoms with E-state index in [-0.39, 0.29) is 29.5 Å². The zero-order chi connectivity index (χ0) is 18.0. The number of piperidine rings is 1. The monoisotopic (exact) mass is 340 g/mol. The van der Waals surface area contributed by atoms with Crippen LogP contribution in [-0.2, 0) is 4.79 Å². The van der Waals surface area contributed by atoms with Crippen molar-refractivity contribution < 1.29 is 14.7 Å². The molecule has 2 aromatic rings. The number of carbonyl (C=O) groups excluding carboxylic acids is 2. The molecule has 0 bridgehead atoms. The van der Waals surface area contributed by atoms with Crippen molar-refractivity contribution in [2.24, 2.45) is 5.92 Å². The SMILES string of the molecule is CC(C)NC(=O)C1CCN(C(=O)c2cc3ccccc3cc2O)CC1. The number of hydrogen-bond donors (Lipinski definition) is 2. The molecule has 0 unspecified atom stereocenters. The molecule has 25 heavy (non-hydrogen) atoms. The number of benzene rings is 2. The number of phenols is 1. The average Bonchev–Trinajstić information content (AvgIpc) is 2.60. The third kappa shape index (κ3) is 3.76. The van der Waals surface area contributed by atoms with Crippen molar-refractivity contribution in [3.05, 3.63) is 42.0 Å². The molecule has 1 saturated heterocycles. The largest absolute Gasteiger partial charge is 0.507 e. The van der Waals surface area contributed by atoms with Gasteiger partial charge in [-0.2, -0.15) is 0 Å². The van der Waals surface area contributed by atoms with Crippen molar-refractivity contribution in [1.29, 1.82) is 0 Å². The summed E-state index contributed by atoms with van der Waals surface area (Å²) in [5, 5.41) is 15.0. The Morgan fingerprint density at radius 1 is 1.12 bits per heavy atom. The van der Waals surface area contributed by atoms with Crippen LogP contribution in [0.1, 0.15) is 37.0 Å². The van der Waals surface area contributed by atoms with Crippen LogP contribution in [0.25, 0.3) is 10.8 Å². The molecule has 5 nitrogen and oxygen atoms in total. The number of nitrogens with zero attached hydrogens (tertiary/aromatic N) is 1. The van der Waals surface area contributed by atoms with E-state index in [1.54, 1.807) is 17.0 Å². The van der Waals surface area contributed by atoms with E-state index in [1.807, 2.05) is 38.1 Å². The molecule has 3 rings (SSSR count). The van der Waals surface area contributed by atoms with Crippen LogP contribution in [0.15, 0.2) is 36.4 Å². The molecule has 1 aliphatic heterocycles. The van der Waals surface area contributed by atoms with E-state index in [1.165, 1.54) is 0 Å². The third-order valence-corrected chi connectivity index (χ3v) is 4.68. The molecule has 0 spiro atoms. The van der Waals surface area contributed by atoms with Gasteiger partial charge in [0.25, 0.3) is 5.91 Å². The molecular formula is C20H24N2O3. The summed E-state index contributed by atoms with van der Waals surface area (Å²) in [6, 6.07) is 11.1. The Hall–Kier alpha value is -2.56. The van der Waals surface area contributed by atoms with E-state index in [2.05, 4.69) is 5.32 Å². The fourth-order valence-corrected chi connectivity index (χ4v) is 3.32. The number of phenolic OH excluding ortho intramolecular Hbond substituents is 1. The highest BCUT2D eigenvalue weighted by Gasteiger charge is 2.29. The van der Waals surface area contributed by atoms with Gasteiger partial charge >= 0.3 is 0 Å². The van der Waals surface area contributed by atoms with Crippen LogP contribution < -0.4 is 5.32 Å². The molecule has 2 amide bonds. The van der Waals surface area contributed by atoms with Crippen LogP contribution in [0, 0.1) is 5.92 Å². The first-order valence-corrected chi connectivity index (χ1v) is 8.77. The van der Waals surface area contributed by atoms with Gasteiger partial charge in [-0.25, -0.2) is 0 Å². The fourth-order valence-electron chi connectivity index (χ4n) is 3.32. The molecule has 0 aliphatic carbocycles. The van der Waals surface area contributed by atoms with Crippen LogP contribution in [0.2, 0.25) is 0 Å². The molecule has 0 atom stereocenters. The molecule has 5 heteroatoms. The minimum absolute atomic E-state index is 0.00312. The van der Waals surface area contributed by atoms with E-state index < -0.39 is 0 Å². The summed E-state index contributed by atoms with van der Waals surface area (Å²) in [6.07, 6.45) is 1.30. The topological polar surface area (TPSA) is 69.6 Å². The second-order valence-electron chi connectivity index (χ2n) is 6.95. The van der Waals surface area contributed by atoms with Crippen molar-refractivity contribution in [1.82, 2.24) is 10.2 Å². The molecule has 2 aromatic carbocycles. The maximum atomic E-state index is 12.8. The highest BCUT2D eigenvalue weighted by Crippen LogP contribution is 2.27. The minimum Gasteiger partial charge on any atom is -0.507 e. The Morgan fingerprint density at radius 2 is 1.72 bits per heavy atom. The lowest BCUT2D eigenvalue weighted by molar-refractivity contribution is -0.126. The summed E-state index contributed by atoms with van der Waals surface area (Å²) in [6.45, 7) is 4.95. The van der Waals surface area contributed by atoms with Gasteiger partial charge in [0.1, 0.15) is 5.75 Å². The number of aromatic hydroxyl groups is 1. The van der Waals surface area contributed by atoms with Gasteiger partial charge in [0.15, 0.2) is 0 Å². The summed E-state index contributed by atoms with van der Waals surface area (Å²) in [7, 11) is 0. The standard InChI is InChI=1S/C20H24N2O3/c1-13(2)21-19(24)14-7-9-22(10-8-14)20(25)17-11-15-5-3-4-6-16(15)12-18(17)23/h3-6,11-14,23H,7-10H2,1-2H3,(H,21,24). The van der Waals surface area contributed by atoms with Crippen molar-refractivity contribution in [2.75, 3.05) is 13.1 Å². The van der Waals surface area contributed by atoms with E-state index in [0.717, 1.165) is 10.8 Å². The first kappa shape index (κ1) is 17.3. The molecule has 0 saturated carbocycles. The number of rotatable bonds is 3. The van der Waals surface area contributed by atoms with Crippen LogP contribution in [-0.4, -0.2) is 41.0 Å². The maximum absolute atomic E-state index is 12.8. The van der Waals surface area contributed by atoms with Crippen molar-refractivity contribution in [2.45, 2.75) is 32.7 Å². The zero-order valence-corrected chi connectivity index (χ0v) is 14.7. The number of fused-ring (bicyclic) bond motifs is 1. The molecule has 1 fully saturated rings. The van der Waals surface area contributed by atoms with Gasteiger partial charge in [-0.3, -0.25) is 9.59 Å². The lowest BCUT2D eigenvalue weighted by atomic mass is 9.95. The quantitative estimate of drug-likeness (QED) is 0.902. The van der Waals surface area contributed by atoms with E-state index in [4.69, 9.17) is 0 Å². The molecular weight excluding hydrogens is 316 g/mol. The van der Waals surface area contributed by atoms with E-state index in [0.29, 0.717) is 31.5 Å². The normalized spacial score (nSPS) is 15.6. The summed E-state index contributed by atoms with van der Waals surface area (Å²) in [5.41, 5.74) is 0.323. The molecule has 1 aliphatic rings. The molecule has 1 heterocycles. The molecule has 132 valence electrons. The Labute approximate surface area is 147 Å². The number of likely N-dealkylation sites (tertiary alicyclic amines) is 1. The minimum atomic E-state index is -0.175. The average molecular weight is 340 g/mol. The number of hydrogen-bond acceptors (Lipinski definition) is 3. The predicted octanol–water partition coefficient (Wildman–Crippen LogP) is 2.92. The summed E-state index contributed by atoms with van der Waals surface area (Å²) >= 11 is 0. The van der Waals surface area contributed by atoms with E-state index >= 15 is 0 Å². The maximum Gasteiger partial charge on any atom is 0.257 e. The highest BCUT2D eigenvalue weighted by atomic mass is 16.3. The predicted molar refractivity (Wildman–Crippen MR) is 97.5 cm³/mol. The van der Waals surface area contributed by atoms with Gasteiger partial charge in [0.2, 0.25) is 5.91 Å². The van der Waals surface area contributed by atoms with Gasteiger partial charge in [0, 0.05) is 25.0 Å². The molecule has 0 radical (unpaired) electrons. The van der Waals surface area contributed by atoms with Gasteiger partial charge < -0.3 is 15.3 Å². The van der Waals surface area contributed by atoms with Gasteiger partial charge in [-0.1, -0.05) is 24.3 Å². The molecule has 0 aromatic heterocycles. The second kappa shape index (κ2) is 7.13. The van der Waals surface area contributed by atoms with Gasteiger partial charge in [0.05, 0.1) is 5.56 Å². The highest BCUT2D eigenvalue weighted by molar-refractivity contribution is 6.01.